The van der Waals surface area contributed by atoms with Crippen LogP contribution in [0.1, 0.15) is 19.0 Å². The third-order valence-corrected chi connectivity index (χ3v) is 4.79. The number of hydrogen-bond donors (Lipinski definition) is 1. The van der Waals surface area contributed by atoms with Gasteiger partial charge >= 0.3 is 0 Å². The molecule has 0 bridgehead atoms. The summed E-state index contributed by atoms with van der Waals surface area (Å²) in [5.41, 5.74) is 6.39. The average Bonchev–Trinajstić information content (AvgIpc) is 3.17. The molecule has 0 radical (unpaired) electrons. The van der Waals surface area contributed by atoms with Gasteiger partial charge in [0.15, 0.2) is 0 Å². The van der Waals surface area contributed by atoms with Gasteiger partial charge in [-0.3, -0.25) is 4.79 Å². The van der Waals surface area contributed by atoms with Gasteiger partial charge in [0.25, 0.3) is 0 Å². The third kappa shape index (κ3) is 3.01. The summed E-state index contributed by atoms with van der Waals surface area (Å²) in [5, 5.41) is 1.98. The van der Waals surface area contributed by atoms with Crippen molar-refractivity contribution in [3.05, 3.63) is 29.5 Å². The number of hydrogen-bond acceptors (Lipinski definition) is 5. The zero-order chi connectivity index (χ0) is 14.8. The highest BCUT2D eigenvalue weighted by molar-refractivity contribution is 7.13. The van der Waals surface area contributed by atoms with Gasteiger partial charge < -0.3 is 15.1 Å². The number of nitrogens with zero attached hydrogens (tertiary/aromatic N) is 2. The van der Waals surface area contributed by atoms with E-state index in [9.17, 15) is 4.79 Å². The maximum Gasteiger partial charge on any atom is 0.236 e. The summed E-state index contributed by atoms with van der Waals surface area (Å²) in [6.45, 7) is 3.47. The molecule has 1 amide bonds. The van der Waals surface area contributed by atoms with Gasteiger partial charge in [-0.1, -0.05) is 6.07 Å². The molecule has 112 valence electrons. The van der Waals surface area contributed by atoms with Crippen molar-refractivity contribution in [2.24, 2.45) is 11.7 Å². The van der Waals surface area contributed by atoms with Gasteiger partial charge in [0.05, 0.1) is 17.0 Å². The SMILES string of the molecule is CC1CC(CN)CN1C(=O)Cc1coc(-c2cccs2)n1. The average molecular weight is 305 g/mol. The molecule has 1 aliphatic rings. The van der Waals surface area contributed by atoms with Crippen LogP contribution in [0, 0.1) is 5.92 Å². The number of amides is 1. The minimum Gasteiger partial charge on any atom is -0.444 e. The molecule has 1 saturated heterocycles. The van der Waals surface area contributed by atoms with Gasteiger partial charge in [0.1, 0.15) is 6.26 Å². The molecule has 1 fully saturated rings. The molecule has 6 heteroatoms. The maximum absolute atomic E-state index is 12.4. The van der Waals surface area contributed by atoms with E-state index in [1.807, 2.05) is 22.4 Å². The van der Waals surface area contributed by atoms with Gasteiger partial charge in [-0.2, -0.15) is 0 Å². The lowest BCUT2D eigenvalue weighted by Gasteiger charge is -2.20. The first-order chi connectivity index (χ1) is 10.2. The van der Waals surface area contributed by atoms with E-state index in [4.69, 9.17) is 10.2 Å². The van der Waals surface area contributed by atoms with Crippen LogP contribution in [0.4, 0.5) is 0 Å². The molecule has 0 saturated carbocycles. The largest absolute Gasteiger partial charge is 0.444 e. The smallest absolute Gasteiger partial charge is 0.236 e. The predicted molar refractivity (Wildman–Crippen MR) is 81.9 cm³/mol. The van der Waals surface area contributed by atoms with E-state index in [1.54, 1.807) is 17.6 Å². The van der Waals surface area contributed by atoms with Crippen LogP contribution in [0.2, 0.25) is 0 Å². The van der Waals surface area contributed by atoms with Crippen molar-refractivity contribution in [2.45, 2.75) is 25.8 Å². The number of oxazole rings is 1. The number of rotatable bonds is 4. The normalized spacial score (nSPS) is 21.9. The lowest BCUT2D eigenvalue weighted by atomic mass is 10.1. The van der Waals surface area contributed by atoms with Crippen molar-refractivity contribution in [3.8, 4) is 10.8 Å². The highest BCUT2D eigenvalue weighted by Crippen LogP contribution is 2.25. The van der Waals surface area contributed by atoms with E-state index in [1.165, 1.54) is 0 Å². The van der Waals surface area contributed by atoms with Crippen molar-refractivity contribution in [1.82, 2.24) is 9.88 Å². The molecule has 3 rings (SSSR count). The Kier molecular flexibility index (Phi) is 4.07. The lowest BCUT2D eigenvalue weighted by Crippen LogP contribution is -2.35. The summed E-state index contributed by atoms with van der Waals surface area (Å²) in [6.07, 6.45) is 2.85. The predicted octanol–water partition coefficient (Wildman–Crippen LogP) is 2.14. The summed E-state index contributed by atoms with van der Waals surface area (Å²) in [4.78, 5) is 19.7. The van der Waals surface area contributed by atoms with Crippen LogP contribution >= 0.6 is 11.3 Å². The number of carbonyl (C=O) groups is 1. The van der Waals surface area contributed by atoms with Gasteiger partial charge in [-0.15, -0.1) is 11.3 Å². The lowest BCUT2D eigenvalue weighted by molar-refractivity contribution is -0.131. The first-order valence-corrected chi connectivity index (χ1v) is 8.03. The van der Waals surface area contributed by atoms with E-state index in [0.717, 1.165) is 17.8 Å². The van der Waals surface area contributed by atoms with Gasteiger partial charge in [0, 0.05) is 12.6 Å². The second-order valence-corrected chi connectivity index (χ2v) is 6.48. The van der Waals surface area contributed by atoms with E-state index < -0.39 is 0 Å². The first-order valence-electron chi connectivity index (χ1n) is 7.15. The molecule has 2 aromatic heterocycles. The van der Waals surface area contributed by atoms with Crippen LogP contribution in [-0.4, -0.2) is 34.9 Å². The Morgan fingerprint density at radius 2 is 2.48 bits per heavy atom. The zero-order valence-electron chi connectivity index (χ0n) is 12.0. The summed E-state index contributed by atoms with van der Waals surface area (Å²) >= 11 is 1.57. The zero-order valence-corrected chi connectivity index (χ0v) is 12.8. The molecule has 2 atom stereocenters. The van der Waals surface area contributed by atoms with Crippen LogP contribution < -0.4 is 5.73 Å². The second kappa shape index (κ2) is 5.99. The molecule has 1 aliphatic heterocycles. The highest BCUT2D eigenvalue weighted by Gasteiger charge is 2.31. The quantitative estimate of drug-likeness (QED) is 0.939. The fraction of sp³-hybridized carbons (Fsp3) is 0.467. The molecular weight excluding hydrogens is 286 g/mol. The minimum atomic E-state index is 0.101. The summed E-state index contributed by atoms with van der Waals surface area (Å²) < 4.78 is 5.45. The van der Waals surface area contributed by atoms with E-state index in [0.29, 0.717) is 24.0 Å². The molecule has 2 unspecified atom stereocenters. The van der Waals surface area contributed by atoms with Crippen molar-refractivity contribution in [1.29, 1.82) is 0 Å². The molecule has 0 aromatic carbocycles. The van der Waals surface area contributed by atoms with Gasteiger partial charge in [0.2, 0.25) is 11.8 Å². The van der Waals surface area contributed by atoms with Crippen LogP contribution in [0.15, 0.2) is 28.2 Å². The van der Waals surface area contributed by atoms with Gasteiger partial charge in [-0.25, -0.2) is 4.98 Å². The summed E-state index contributed by atoms with van der Waals surface area (Å²) in [6, 6.07) is 4.17. The molecule has 0 spiro atoms. The molecule has 21 heavy (non-hydrogen) atoms. The number of nitrogens with two attached hydrogens (primary N) is 1. The minimum absolute atomic E-state index is 0.101. The fourth-order valence-electron chi connectivity index (χ4n) is 2.82. The summed E-state index contributed by atoms with van der Waals surface area (Å²) in [7, 11) is 0. The molecule has 0 aliphatic carbocycles. The molecule has 2 N–H and O–H groups in total. The maximum atomic E-state index is 12.4. The van der Waals surface area contributed by atoms with Crippen LogP contribution in [0.5, 0.6) is 0 Å². The molecular formula is C15H19N3O2S. The molecule has 2 aromatic rings. The number of thiophene rings is 1. The van der Waals surface area contributed by atoms with E-state index >= 15 is 0 Å². The second-order valence-electron chi connectivity index (χ2n) is 5.53. The monoisotopic (exact) mass is 305 g/mol. The van der Waals surface area contributed by atoms with Gasteiger partial charge in [-0.05, 0) is 37.3 Å². The third-order valence-electron chi connectivity index (χ3n) is 3.93. The van der Waals surface area contributed by atoms with Crippen LogP contribution in [-0.2, 0) is 11.2 Å². The standard InChI is InChI=1S/C15H19N3O2S/c1-10-5-11(7-16)8-18(10)14(19)6-12-9-20-15(17-12)13-3-2-4-21-13/h2-4,9-11H,5-8,16H2,1H3. The number of carbonyl (C=O) groups excluding carboxylic acids is 1. The summed E-state index contributed by atoms with van der Waals surface area (Å²) in [5.74, 6) is 1.11. The van der Waals surface area contributed by atoms with Crippen LogP contribution in [0.25, 0.3) is 10.8 Å². The Morgan fingerprint density at radius 1 is 1.62 bits per heavy atom. The van der Waals surface area contributed by atoms with Crippen molar-refractivity contribution < 1.29 is 9.21 Å². The van der Waals surface area contributed by atoms with Crippen molar-refractivity contribution in [3.63, 3.8) is 0 Å². The Labute approximate surface area is 127 Å². The Balaban J connectivity index is 1.65. The molecule has 3 heterocycles. The topological polar surface area (TPSA) is 72.4 Å². The van der Waals surface area contributed by atoms with Crippen LogP contribution in [0.3, 0.4) is 0 Å². The fourth-order valence-corrected chi connectivity index (χ4v) is 3.47. The Hall–Kier alpha value is -1.66. The first kappa shape index (κ1) is 14.3. The highest BCUT2D eigenvalue weighted by atomic mass is 32.1. The molecule has 5 nitrogen and oxygen atoms in total. The van der Waals surface area contributed by atoms with Crippen molar-refractivity contribution in [2.75, 3.05) is 13.1 Å². The number of likely N-dealkylation sites (tertiary alicyclic amines) is 1. The Bertz CT molecular complexity index is 608. The van der Waals surface area contributed by atoms with Crippen molar-refractivity contribution >= 4 is 17.2 Å². The van der Waals surface area contributed by atoms with E-state index in [2.05, 4.69) is 11.9 Å². The Morgan fingerprint density at radius 3 is 3.14 bits per heavy atom. The number of aromatic nitrogens is 1. The van der Waals surface area contributed by atoms with E-state index in [-0.39, 0.29) is 18.4 Å².